The van der Waals surface area contributed by atoms with Crippen molar-refractivity contribution < 1.29 is 19.7 Å². The number of amides is 1. The Hall–Kier alpha value is -1.75. The van der Waals surface area contributed by atoms with Crippen LogP contribution in [0.15, 0.2) is 24.3 Å². The average Bonchev–Trinajstić information content (AvgIpc) is 2.34. The molecule has 0 bridgehead atoms. The topological polar surface area (TPSA) is 78.8 Å². The predicted octanol–water partition coefficient (Wildman–Crippen LogP) is 0.904. The fourth-order valence-corrected chi connectivity index (χ4v) is 1.39. The number of phenolic OH excluding ortho intramolecular Hbond substituents is 1. The molecule has 5 heteroatoms. The van der Waals surface area contributed by atoms with Gasteiger partial charge >= 0.3 is 0 Å². The van der Waals surface area contributed by atoms with Crippen molar-refractivity contribution in [2.24, 2.45) is 5.92 Å². The third kappa shape index (κ3) is 4.25. The lowest BCUT2D eigenvalue weighted by molar-refractivity contribution is -0.124. The third-order valence-electron chi connectivity index (χ3n) is 2.57. The molecule has 0 aliphatic heterocycles. The molecule has 0 unspecified atom stereocenters. The second-order valence-corrected chi connectivity index (χ2v) is 4.36. The van der Waals surface area contributed by atoms with Gasteiger partial charge in [0.05, 0.1) is 12.6 Å². The molecule has 3 N–H and O–H groups in total. The second kappa shape index (κ2) is 6.86. The minimum atomic E-state index is -0.328. The van der Waals surface area contributed by atoms with Crippen LogP contribution in [0.2, 0.25) is 0 Å². The molecule has 1 aromatic carbocycles. The van der Waals surface area contributed by atoms with Gasteiger partial charge in [-0.05, 0) is 18.1 Å². The second-order valence-electron chi connectivity index (χ2n) is 4.36. The van der Waals surface area contributed by atoms with E-state index < -0.39 is 0 Å². The van der Waals surface area contributed by atoms with Crippen molar-refractivity contribution in [1.29, 1.82) is 0 Å². The minimum Gasteiger partial charge on any atom is -0.504 e. The molecule has 0 heterocycles. The zero-order valence-corrected chi connectivity index (χ0v) is 10.6. The highest BCUT2D eigenvalue weighted by Gasteiger charge is 2.15. The summed E-state index contributed by atoms with van der Waals surface area (Å²) in [5.74, 6) is 0.0701. The number of ether oxygens (including phenoxy) is 1. The van der Waals surface area contributed by atoms with Crippen LogP contribution in [0.5, 0.6) is 11.5 Å². The van der Waals surface area contributed by atoms with Gasteiger partial charge in [-0.3, -0.25) is 4.79 Å². The molecule has 1 aromatic rings. The van der Waals surface area contributed by atoms with Crippen LogP contribution < -0.4 is 10.1 Å². The van der Waals surface area contributed by atoms with E-state index >= 15 is 0 Å². The maximum Gasteiger partial charge on any atom is 0.258 e. The Labute approximate surface area is 106 Å². The van der Waals surface area contributed by atoms with Crippen molar-refractivity contribution in [3.63, 3.8) is 0 Å². The molecular formula is C13H19NO4. The number of aliphatic hydroxyl groups is 1. The third-order valence-corrected chi connectivity index (χ3v) is 2.57. The van der Waals surface area contributed by atoms with Crippen LogP contribution in [0.25, 0.3) is 0 Å². The minimum absolute atomic E-state index is 0.00660. The van der Waals surface area contributed by atoms with Crippen molar-refractivity contribution in [2.45, 2.75) is 19.9 Å². The first-order valence-electron chi connectivity index (χ1n) is 5.85. The molecule has 5 nitrogen and oxygen atoms in total. The molecule has 0 saturated heterocycles. The molecular weight excluding hydrogens is 234 g/mol. The molecule has 1 amide bonds. The molecule has 18 heavy (non-hydrogen) atoms. The van der Waals surface area contributed by atoms with Crippen molar-refractivity contribution in [1.82, 2.24) is 5.32 Å². The first-order chi connectivity index (χ1) is 8.54. The van der Waals surface area contributed by atoms with Gasteiger partial charge in [0.1, 0.15) is 0 Å². The summed E-state index contributed by atoms with van der Waals surface area (Å²) in [5.41, 5.74) is 0. The van der Waals surface area contributed by atoms with Crippen molar-refractivity contribution in [3.05, 3.63) is 24.3 Å². The number of carbonyl (C=O) groups is 1. The van der Waals surface area contributed by atoms with E-state index in [4.69, 9.17) is 9.84 Å². The number of hydrogen-bond acceptors (Lipinski definition) is 4. The molecule has 1 rings (SSSR count). The van der Waals surface area contributed by atoms with E-state index in [2.05, 4.69) is 5.32 Å². The van der Waals surface area contributed by atoms with Crippen LogP contribution in [-0.2, 0) is 4.79 Å². The fourth-order valence-electron chi connectivity index (χ4n) is 1.39. The van der Waals surface area contributed by atoms with Gasteiger partial charge in [-0.2, -0.15) is 0 Å². The first-order valence-corrected chi connectivity index (χ1v) is 5.85. The molecule has 0 saturated carbocycles. The molecule has 0 spiro atoms. The molecule has 100 valence electrons. The monoisotopic (exact) mass is 253 g/mol. The quantitative estimate of drug-likeness (QED) is 0.704. The number of aliphatic hydroxyl groups excluding tert-OH is 1. The zero-order valence-electron chi connectivity index (χ0n) is 10.6. The van der Waals surface area contributed by atoms with Gasteiger partial charge in [-0.15, -0.1) is 0 Å². The summed E-state index contributed by atoms with van der Waals surface area (Å²) >= 11 is 0. The number of phenols is 1. The maximum absolute atomic E-state index is 11.6. The van der Waals surface area contributed by atoms with E-state index in [1.807, 2.05) is 13.8 Å². The number of carbonyl (C=O) groups excluding carboxylic acids is 1. The van der Waals surface area contributed by atoms with Crippen molar-refractivity contribution in [3.8, 4) is 11.5 Å². The van der Waals surface area contributed by atoms with Gasteiger partial charge in [0.15, 0.2) is 18.1 Å². The summed E-state index contributed by atoms with van der Waals surface area (Å²) in [6, 6.07) is 6.15. The van der Waals surface area contributed by atoms with Gasteiger partial charge in [0.2, 0.25) is 0 Å². The number of para-hydroxylation sites is 2. The van der Waals surface area contributed by atoms with Crippen LogP contribution in [-0.4, -0.2) is 35.4 Å². The van der Waals surface area contributed by atoms with E-state index in [1.54, 1.807) is 18.2 Å². The van der Waals surface area contributed by atoms with Gasteiger partial charge in [-0.1, -0.05) is 26.0 Å². The largest absolute Gasteiger partial charge is 0.504 e. The Morgan fingerprint density at radius 2 is 2.06 bits per heavy atom. The van der Waals surface area contributed by atoms with Gasteiger partial charge in [0, 0.05) is 0 Å². The van der Waals surface area contributed by atoms with E-state index in [1.165, 1.54) is 6.07 Å². The van der Waals surface area contributed by atoms with Crippen molar-refractivity contribution in [2.75, 3.05) is 13.2 Å². The number of hydrogen-bond donors (Lipinski definition) is 3. The maximum atomic E-state index is 11.6. The van der Waals surface area contributed by atoms with Crippen LogP contribution >= 0.6 is 0 Å². The van der Waals surface area contributed by atoms with Gasteiger partial charge < -0.3 is 20.3 Å². The normalized spacial score (nSPS) is 12.2. The Morgan fingerprint density at radius 3 is 2.61 bits per heavy atom. The fraction of sp³-hybridized carbons (Fsp3) is 0.462. The molecule has 0 aromatic heterocycles. The standard InChI is InChI=1S/C13H19NO4/c1-9(2)10(7-15)14-13(17)8-18-12-6-4-3-5-11(12)16/h3-6,9-10,15-16H,7-8H2,1-2H3,(H,14,17)/t10-/m1/s1. The van der Waals surface area contributed by atoms with E-state index in [0.717, 1.165) is 0 Å². The van der Waals surface area contributed by atoms with Crippen LogP contribution in [0.4, 0.5) is 0 Å². The number of benzene rings is 1. The summed E-state index contributed by atoms with van der Waals surface area (Å²) < 4.78 is 5.18. The average molecular weight is 253 g/mol. The zero-order chi connectivity index (χ0) is 13.5. The lowest BCUT2D eigenvalue weighted by Gasteiger charge is -2.19. The Bertz CT molecular complexity index is 392. The van der Waals surface area contributed by atoms with Crippen LogP contribution in [0.1, 0.15) is 13.8 Å². The van der Waals surface area contributed by atoms with Crippen LogP contribution in [0, 0.1) is 5.92 Å². The first kappa shape index (κ1) is 14.3. The summed E-state index contributed by atoms with van der Waals surface area (Å²) in [7, 11) is 0. The summed E-state index contributed by atoms with van der Waals surface area (Å²) in [6.07, 6.45) is 0. The highest BCUT2D eigenvalue weighted by Crippen LogP contribution is 2.23. The summed E-state index contributed by atoms with van der Waals surface area (Å²) in [5, 5.41) is 21.2. The van der Waals surface area contributed by atoms with Crippen molar-refractivity contribution >= 4 is 5.91 Å². The molecule has 1 atom stereocenters. The summed E-state index contributed by atoms with van der Waals surface area (Å²) in [6.45, 7) is 3.51. The lowest BCUT2D eigenvalue weighted by Crippen LogP contribution is -2.43. The lowest BCUT2D eigenvalue weighted by atomic mass is 10.1. The number of rotatable bonds is 6. The Kier molecular flexibility index (Phi) is 5.45. The van der Waals surface area contributed by atoms with E-state index in [0.29, 0.717) is 0 Å². The molecule has 0 aliphatic carbocycles. The Morgan fingerprint density at radius 1 is 1.39 bits per heavy atom. The number of nitrogens with one attached hydrogen (secondary N) is 1. The smallest absolute Gasteiger partial charge is 0.258 e. The van der Waals surface area contributed by atoms with E-state index in [9.17, 15) is 9.90 Å². The highest BCUT2D eigenvalue weighted by molar-refractivity contribution is 5.78. The van der Waals surface area contributed by atoms with E-state index in [-0.39, 0.29) is 42.6 Å². The van der Waals surface area contributed by atoms with Crippen LogP contribution in [0.3, 0.4) is 0 Å². The molecule has 0 fully saturated rings. The molecule has 0 radical (unpaired) electrons. The number of aromatic hydroxyl groups is 1. The Balaban J connectivity index is 2.44. The molecule has 0 aliphatic rings. The predicted molar refractivity (Wildman–Crippen MR) is 67.5 cm³/mol. The highest BCUT2D eigenvalue weighted by atomic mass is 16.5. The van der Waals surface area contributed by atoms with Gasteiger partial charge in [0.25, 0.3) is 5.91 Å². The van der Waals surface area contributed by atoms with Gasteiger partial charge in [-0.25, -0.2) is 0 Å². The SMILES string of the molecule is CC(C)[C@@H](CO)NC(=O)COc1ccccc1O. The summed E-state index contributed by atoms with van der Waals surface area (Å²) in [4.78, 5) is 11.6.